The summed E-state index contributed by atoms with van der Waals surface area (Å²) in [5.74, 6) is 0.179. The topological polar surface area (TPSA) is 32.7 Å². The highest BCUT2D eigenvalue weighted by Gasteiger charge is 2.19. The molecule has 0 radical (unpaired) electrons. The Morgan fingerprint density at radius 3 is 1.81 bits per heavy atom. The first-order chi connectivity index (χ1) is 10.3. The molecule has 2 aromatic carbocycles. The average molecular weight is 278 g/mol. The van der Waals surface area contributed by atoms with Gasteiger partial charge in [0.2, 0.25) is 0 Å². The number of nitrogens with zero attached hydrogens (tertiary/aromatic N) is 2. The Hall–Kier alpha value is -2.42. The number of para-hydroxylation sites is 2. The van der Waals surface area contributed by atoms with Gasteiger partial charge < -0.3 is 0 Å². The van der Waals surface area contributed by atoms with Crippen molar-refractivity contribution in [2.75, 3.05) is 5.01 Å². The zero-order valence-corrected chi connectivity index (χ0v) is 11.9. The number of benzene rings is 2. The van der Waals surface area contributed by atoms with Crippen LogP contribution in [0, 0.1) is 0 Å². The van der Waals surface area contributed by atoms with Gasteiger partial charge in [-0.2, -0.15) is 5.10 Å². The number of hydrogen-bond acceptors (Lipinski definition) is 3. The highest BCUT2D eigenvalue weighted by Crippen LogP contribution is 2.26. The molecule has 0 aromatic heterocycles. The lowest BCUT2D eigenvalue weighted by Gasteiger charge is -2.22. The van der Waals surface area contributed by atoms with Gasteiger partial charge in [-0.1, -0.05) is 36.4 Å². The van der Waals surface area contributed by atoms with Gasteiger partial charge in [0.05, 0.1) is 11.4 Å². The number of Topliss-reactive ketones (excluding diaryl/α,β-unsaturated/α-hetero) is 1. The quantitative estimate of drug-likeness (QED) is 0.783. The molecule has 1 aliphatic carbocycles. The van der Waals surface area contributed by atoms with E-state index in [9.17, 15) is 4.79 Å². The Balaban J connectivity index is 2.01. The third-order valence-corrected chi connectivity index (χ3v) is 3.61. The number of rotatable bonds is 3. The molecule has 106 valence electrons. The number of hydrazone groups is 1. The molecule has 0 bridgehead atoms. The first-order valence-electron chi connectivity index (χ1n) is 7.35. The van der Waals surface area contributed by atoms with E-state index in [1.54, 1.807) is 0 Å². The molecular weight excluding hydrogens is 260 g/mol. The molecule has 0 atom stereocenters. The molecule has 3 rings (SSSR count). The Morgan fingerprint density at radius 2 is 1.29 bits per heavy atom. The first kappa shape index (κ1) is 13.6. The normalized spacial score (nSPS) is 17.0. The monoisotopic (exact) mass is 278 g/mol. The molecule has 1 saturated carbocycles. The van der Waals surface area contributed by atoms with Crippen molar-refractivity contribution >= 4 is 22.9 Å². The van der Waals surface area contributed by atoms with E-state index in [1.807, 2.05) is 65.7 Å². The van der Waals surface area contributed by atoms with Crippen molar-refractivity contribution in [3.8, 4) is 0 Å². The van der Waals surface area contributed by atoms with E-state index in [0.29, 0.717) is 12.1 Å². The van der Waals surface area contributed by atoms with Gasteiger partial charge in [0.25, 0.3) is 0 Å². The lowest BCUT2D eigenvalue weighted by Crippen LogP contribution is -2.23. The van der Waals surface area contributed by atoms with Crippen LogP contribution >= 0.6 is 0 Å². The van der Waals surface area contributed by atoms with Gasteiger partial charge in [-0.05, 0) is 43.5 Å². The van der Waals surface area contributed by atoms with Gasteiger partial charge in [-0.3, -0.25) is 4.79 Å². The lowest BCUT2D eigenvalue weighted by atomic mass is 9.97. The summed E-state index contributed by atoms with van der Waals surface area (Å²) in [5.41, 5.74) is 2.62. The zero-order chi connectivity index (χ0) is 14.5. The Morgan fingerprint density at radius 1 is 0.762 bits per heavy atom. The predicted molar refractivity (Wildman–Crippen MR) is 85.9 cm³/mol. The molecule has 0 spiro atoms. The Kier molecular flexibility index (Phi) is 4.10. The van der Waals surface area contributed by atoms with E-state index in [0.717, 1.165) is 30.6 Å². The highest BCUT2D eigenvalue weighted by atomic mass is 16.1. The number of anilines is 2. The summed E-state index contributed by atoms with van der Waals surface area (Å²) in [6.07, 6.45) is 3.42. The first-order valence-corrected chi connectivity index (χ1v) is 7.35. The molecule has 3 nitrogen and oxygen atoms in total. The molecule has 3 heteroatoms. The van der Waals surface area contributed by atoms with Crippen LogP contribution in [0.15, 0.2) is 65.8 Å². The molecular formula is C18H18N2O. The summed E-state index contributed by atoms with van der Waals surface area (Å²) < 4.78 is 0. The van der Waals surface area contributed by atoms with Gasteiger partial charge in [-0.25, -0.2) is 5.01 Å². The minimum atomic E-state index is 0.179. The second-order valence-electron chi connectivity index (χ2n) is 5.16. The lowest BCUT2D eigenvalue weighted by molar-refractivity contribution is -0.113. The Labute approximate surface area is 124 Å². The fourth-order valence-electron chi connectivity index (χ4n) is 2.49. The summed E-state index contributed by atoms with van der Waals surface area (Å²) in [4.78, 5) is 12.0. The predicted octanol–water partition coefficient (Wildman–Crippen LogP) is 4.32. The second-order valence-corrected chi connectivity index (χ2v) is 5.16. The van der Waals surface area contributed by atoms with Gasteiger partial charge in [0.15, 0.2) is 5.78 Å². The fourth-order valence-corrected chi connectivity index (χ4v) is 2.49. The van der Waals surface area contributed by atoms with E-state index in [4.69, 9.17) is 0 Å². The van der Waals surface area contributed by atoms with Gasteiger partial charge in [-0.15, -0.1) is 0 Å². The van der Waals surface area contributed by atoms with Crippen LogP contribution in [-0.2, 0) is 4.79 Å². The van der Waals surface area contributed by atoms with Crippen LogP contribution in [0.2, 0.25) is 0 Å². The highest BCUT2D eigenvalue weighted by molar-refractivity contribution is 6.40. The molecule has 0 aliphatic heterocycles. The second kappa shape index (κ2) is 6.35. The molecule has 1 fully saturated rings. The maximum Gasteiger partial charge on any atom is 0.178 e. The van der Waals surface area contributed by atoms with Crippen LogP contribution in [0.25, 0.3) is 0 Å². The molecule has 0 saturated heterocycles. The number of carbonyl (C=O) groups is 1. The van der Waals surface area contributed by atoms with E-state index in [-0.39, 0.29) is 5.78 Å². The van der Waals surface area contributed by atoms with Crippen molar-refractivity contribution in [1.29, 1.82) is 0 Å². The molecule has 1 aliphatic rings. The summed E-state index contributed by atoms with van der Waals surface area (Å²) in [6.45, 7) is 0. The van der Waals surface area contributed by atoms with Gasteiger partial charge in [0.1, 0.15) is 5.71 Å². The zero-order valence-electron chi connectivity index (χ0n) is 11.9. The maximum atomic E-state index is 12.0. The Bertz CT molecular complexity index is 595. The van der Waals surface area contributed by atoms with Crippen LogP contribution in [-0.4, -0.2) is 11.5 Å². The average Bonchev–Trinajstić information content (AvgIpc) is 2.56. The van der Waals surface area contributed by atoms with Gasteiger partial charge >= 0.3 is 0 Å². The van der Waals surface area contributed by atoms with Gasteiger partial charge in [0, 0.05) is 6.42 Å². The van der Waals surface area contributed by atoms with E-state index < -0.39 is 0 Å². The minimum Gasteiger partial charge on any atom is -0.293 e. The standard InChI is InChI=1S/C18H18N2O/c21-18-14-8-7-13-17(18)19-20(15-9-3-1-4-10-15)16-11-5-2-6-12-16/h1-6,9-12H,7-8,13-14H2. The van der Waals surface area contributed by atoms with Crippen molar-refractivity contribution in [2.24, 2.45) is 5.10 Å². The molecule has 0 heterocycles. The van der Waals surface area contributed by atoms with E-state index in [2.05, 4.69) is 5.10 Å². The summed E-state index contributed by atoms with van der Waals surface area (Å²) in [6, 6.07) is 19.9. The number of ketones is 1. The SMILES string of the molecule is O=C1CCCCC1=NN(c1ccccc1)c1ccccc1. The van der Waals surface area contributed by atoms with Crippen LogP contribution in [0.5, 0.6) is 0 Å². The molecule has 21 heavy (non-hydrogen) atoms. The third-order valence-electron chi connectivity index (χ3n) is 3.61. The van der Waals surface area contributed by atoms with Crippen molar-refractivity contribution in [3.63, 3.8) is 0 Å². The van der Waals surface area contributed by atoms with E-state index >= 15 is 0 Å². The smallest absolute Gasteiger partial charge is 0.178 e. The van der Waals surface area contributed by atoms with Crippen molar-refractivity contribution in [2.45, 2.75) is 25.7 Å². The summed E-state index contributed by atoms with van der Waals surface area (Å²) >= 11 is 0. The molecule has 2 aromatic rings. The van der Waals surface area contributed by atoms with Crippen LogP contribution in [0.1, 0.15) is 25.7 Å². The number of hydrogen-bond donors (Lipinski definition) is 0. The van der Waals surface area contributed by atoms with Crippen molar-refractivity contribution < 1.29 is 4.79 Å². The third kappa shape index (κ3) is 3.19. The van der Waals surface area contributed by atoms with E-state index in [1.165, 1.54) is 0 Å². The van der Waals surface area contributed by atoms with Crippen LogP contribution < -0.4 is 5.01 Å². The molecule has 0 unspecified atom stereocenters. The largest absolute Gasteiger partial charge is 0.293 e. The van der Waals surface area contributed by atoms with Crippen molar-refractivity contribution in [1.82, 2.24) is 0 Å². The maximum absolute atomic E-state index is 12.0. The summed E-state index contributed by atoms with van der Waals surface area (Å²) in [7, 11) is 0. The molecule has 0 N–H and O–H groups in total. The molecule has 0 amide bonds. The van der Waals surface area contributed by atoms with Crippen LogP contribution in [0.4, 0.5) is 11.4 Å². The summed E-state index contributed by atoms with van der Waals surface area (Å²) in [5, 5.41) is 6.52. The number of carbonyl (C=O) groups excluding carboxylic acids is 1. The van der Waals surface area contributed by atoms with Crippen molar-refractivity contribution in [3.05, 3.63) is 60.7 Å². The van der Waals surface area contributed by atoms with Crippen LogP contribution in [0.3, 0.4) is 0 Å². The fraction of sp³-hybridized carbons (Fsp3) is 0.222. The minimum absolute atomic E-state index is 0.179.